The van der Waals surface area contributed by atoms with Gasteiger partial charge in [0.2, 0.25) is 0 Å². The average Bonchev–Trinajstić information content (AvgIpc) is 2.77. The Morgan fingerprint density at radius 2 is 1.90 bits per heavy atom. The van der Waals surface area contributed by atoms with Crippen molar-refractivity contribution in [2.24, 2.45) is 5.73 Å². The lowest BCUT2D eigenvalue weighted by Crippen LogP contribution is -2.12. The topological polar surface area (TPSA) is 119 Å². The summed E-state index contributed by atoms with van der Waals surface area (Å²) in [7, 11) is 0. The molecule has 0 heterocycles. The van der Waals surface area contributed by atoms with Gasteiger partial charge in [-0.2, -0.15) is 5.26 Å². The minimum absolute atomic E-state index is 0.0873. The molecule has 0 saturated carbocycles. The molecule has 31 heavy (non-hydrogen) atoms. The number of primary amides is 1. The van der Waals surface area contributed by atoms with Gasteiger partial charge in [-0.3, -0.25) is 14.9 Å². The molecule has 7 heteroatoms. The number of carbonyl (C=O) groups excluding carboxylic acids is 1. The van der Waals surface area contributed by atoms with Gasteiger partial charge < -0.3 is 10.5 Å². The van der Waals surface area contributed by atoms with E-state index in [0.717, 1.165) is 22.3 Å². The van der Waals surface area contributed by atoms with E-state index in [2.05, 4.69) is 0 Å². The second kappa shape index (κ2) is 9.37. The highest BCUT2D eigenvalue weighted by molar-refractivity contribution is 6.00. The number of nitrogens with zero attached hydrogens (tertiary/aromatic N) is 2. The molecule has 0 spiro atoms. The summed E-state index contributed by atoms with van der Waals surface area (Å²) < 4.78 is 5.77. The summed E-state index contributed by atoms with van der Waals surface area (Å²) >= 11 is 0. The largest absolute Gasteiger partial charge is 0.482 e. The first kappa shape index (κ1) is 21.3. The molecule has 0 fully saturated rings. The fourth-order valence-corrected chi connectivity index (χ4v) is 3.14. The monoisotopic (exact) mass is 413 g/mol. The summed E-state index contributed by atoms with van der Waals surface area (Å²) in [6.07, 6.45) is 1.20. The number of ether oxygens (including phenoxy) is 1. The van der Waals surface area contributed by atoms with Crippen LogP contribution in [-0.2, 0) is 11.4 Å². The normalized spacial score (nSPS) is 10.9. The second-order valence-electron chi connectivity index (χ2n) is 6.76. The standard InChI is InChI=1S/C24H19N3O4/c1-16-19(8-5-9-21(16)18-6-3-2-4-7-18)15-31-23-11-10-17(13-22(23)27(29)30)12-20(14-25)24(26)28/h2-13H,15H2,1H3,(H2,26,28)/b20-12+. The summed E-state index contributed by atoms with van der Waals surface area (Å²) in [6.45, 7) is 2.13. The van der Waals surface area contributed by atoms with Gasteiger partial charge in [0, 0.05) is 6.07 Å². The maximum absolute atomic E-state index is 11.5. The summed E-state index contributed by atoms with van der Waals surface area (Å²) in [6, 6.07) is 21.6. The molecule has 0 atom stereocenters. The number of benzene rings is 3. The molecule has 0 aromatic heterocycles. The third kappa shape index (κ3) is 4.95. The van der Waals surface area contributed by atoms with Gasteiger partial charge in [0.15, 0.2) is 5.75 Å². The molecular formula is C24H19N3O4. The molecular weight excluding hydrogens is 394 g/mol. The highest BCUT2D eigenvalue weighted by Gasteiger charge is 2.17. The quantitative estimate of drug-likeness (QED) is 0.264. The van der Waals surface area contributed by atoms with Gasteiger partial charge in [-0.1, -0.05) is 54.6 Å². The fourth-order valence-electron chi connectivity index (χ4n) is 3.14. The van der Waals surface area contributed by atoms with E-state index in [1.165, 1.54) is 24.3 Å². The van der Waals surface area contributed by atoms with Crippen LogP contribution >= 0.6 is 0 Å². The van der Waals surface area contributed by atoms with Crippen molar-refractivity contribution in [3.63, 3.8) is 0 Å². The number of nitriles is 1. The fraction of sp³-hybridized carbons (Fsp3) is 0.0833. The summed E-state index contributed by atoms with van der Waals surface area (Å²) in [4.78, 5) is 22.2. The van der Waals surface area contributed by atoms with Gasteiger partial charge in [0.05, 0.1) is 4.92 Å². The van der Waals surface area contributed by atoms with Crippen LogP contribution in [0.5, 0.6) is 5.75 Å². The van der Waals surface area contributed by atoms with Crippen LogP contribution in [0, 0.1) is 28.4 Å². The minimum Gasteiger partial charge on any atom is -0.482 e. The van der Waals surface area contributed by atoms with Crippen molar-refractivity contribution in [2.45, 2.75) is 13.5 Å². The predicted octanol–water partition coefficient (Wildman–Crippen LogP) is 4.54. The summed E-state index contributed by atoms with van der Waals surface area (Å²) in [5.41, 5.74) is 8.92. The number of hydrogen-bond donors (Lipinski definition) is 1. The molecule has 2 N–H and O–H groups in total. The van der Waals surface area contributed by atoms with Gasteiger partial charge in [-0.15, -0.1) is 0 Å². The van der Waals surface area contributed by atoms with Gasteiger partial charge in [-0.25, -0.2) is 0 Å². The number of nitrogens with two attached hydrogens (primary N) is 1. The average molecular weight is 413 g/mol. The lowest BCUT2D eigenvalue weighted by atomic mass is 9.97. The Bertz CT molecular complexity index is 1210. The number of hydrogen-bond acceptors (Lipinski definition) is 5. The Kier molecular flexibility index (Phi) is 6.43. The van der Waals surface area contributed by atoms with Crippen LogP contribution in [0.3, 0.4) is 0 Å². The van der Waals surface area contributed by atoms with Gasteiger partial charge in [0.25, 0.3) is 5.91 Å². The molecule has 0 saturated heterocycles. The zero-order valence-electron chi connectivity index (χ0n) is 16.7. The third-order valence-electron chi connectivity index (χ3n) is 4.79. The maximum Gasteiger partial charge on any atom is 0.311 e. The van der Waals surface area contributed by atoms with Crippen LogP contribution < -0.4 is 10.5 Å². The predicted molar refractivity (Wildman–Crippen MR) is 117 cm³/mol. The summed E-state index contributed by atoms with van der Waals surface area (Å²) in [5.74, 6) is -0.816. The molecule has 154 valence electrons. The van der Waals surface area contributed by atoms with E-state index >= 15 is 0 Å². The van der Waals surface area contributed by atoms with Gasteiger partial charge in [-0.05, 0) is 46.9 Å². The van der Waals surface area contributed by atoms with E-state index < -0.39 is 10.8 Å². The van der Waals surface area contributed by atoms with Crippen molar-refractivity contribution in [2.75, 3.05) is 0 Å². The molecule has 0 radical (unpaired) electrons. The number of nitro groups is 1. The van der Waals surface area contributed by atoms with Crippen LogP contribution in [0.25, 0.3) is 17.2 Å². The zero-order chi connectivity index (χ0) is 22.4. The van der Waals surface area contributed by atoms with E-state index in [-0.39, 0.29) is 23.6 Å². The zero-order valence-corrected chi connectivity index (χ0v) is 16.7. The van der Waals surface area contributed by atoms with Crippen LogP contribution in [0.1, 0.15) is 16.7 Å². The van der Waals surface area contributed by atoms with E-state index in [9.17, 15) is 14.9 Å². The molecule has 0 aliphatic heterocycles. The number of rotatable bonds is 7. The van der Waals surface area contributed by atoms with Gasteiger partial charge >= 0.3 is 5.69 Å². The Morgan fingerprint density at radius 1 is 1.16 bits per heavy atom. The Hall–Kier alpha value is -4.44. The number of carbonyl (C=O) groups is 1. The van der Waals surface area contributed by atoms with E-state index in [4.69, 9.17) is 15.7 Å². The van der Waals surface area contributed by atoms with E-state index in [0.29, 0.717) is 5.56 Å². The Morgan fingerprint density at radius 3 is 2.55 bits per heavy atom. The SMILES string of the molecule is Cc1c(COc2ccc(/C=C(\C#N)C(N)=O)cc2[N+](=O)[O-])cccc1-c1ccccc1. The molecule has 7 nitrogen and oxygen atoms in total. The van der Waals surface area contributed by atoms with Crippen molar-refractivity contribution < 1.29 is 14.5 Å². The molecule has 3 aromatic carbocycles. The lowest BCUT2D eigenvalue weighted by Gasteiger charge is -2.13. The first-order valence-corrected chi connectivity index (χ1v) is 9.37. The minimum atomic E-state index is -0.903. The van der Waals surface area contributed by atoms with Crippen molar-refractivity contribution in [3.8, 4) is 22.9 Å². The van der Waals surface area contributed by atoms with Crippen molar-refractivity contribution in [3.05, 3.63) is 99.1 Å². The van der Waals surface area contributed by atoms with Crippen LogP contribution in [0.2, 0.25) is 0 Å². The highest BCUT2D eigenvalue weighted by Crippen LogP contribution is 2.31. The first-order chi connectivity index (χ1) is 14.9. The van der Waals surface area contributed by atoms with Crippen molar-refractivity contribution in [1.82, 2.24) is 0 Å². The summed E-state index contributed by atoms with van der Waals surface area (Å²) in [5, 5.41) is 20.5. The molecule has 1 amide bonds. The highest BCUT2D eigenvalue weighted by atomic mass is 16.6. The van der Waals surface area contributed by atoms with Crippen molar-refractivity contribution in [1.29, 1.82) is 5.26 Å². The first-order valence-electron chi connectivity index (χ1n) is 9.37. The molecule has 0 aliphatic carbocycles. The second-order valence-corrected chi connectivity index (χ2v) is 6.76. The third-order valence-corrected chi connectivity index (χ3v) is 4.79. The Balaban J connectivity index is 1.88. The van der Waals surface area contributed by atoms with Gasteiger partial charge in [0.1, 0.15) is 18.2 Å². The van der Waals surface area contributed by atoms with Crippen molar-refractivity contribution >= 4 is 17.7 Å². The van der Waals surface area contributed by atoms with Crippen LogP contribution in [-0.4, -0.2) is 10.8 Å². The maximum atomic E-state index is 11.5. The molecule has 0 unspecified atom stereocenters. The lowest BCUT2D eigenvalue weighted by molar-refractivity contribution is -0.386. The van der Waals surface area contributed by atoms with E-state index in [1.54, 1.807) is 6.07 Å². The smallest absolute Gasteiger partial charge is 0.311 e. The number of nitro benzene ring substituents is 1. The molecule has 0 aliphatic rings. The molecule has 0 bridgehead atoms. The number of amides is 1. The molecule has 3 aromatic rings. The van der Waals surface area contributed by atoms with Crippen LogP contribution in [0.4, 0.5) is 5.69 Å². The molecule has 3 rings (SSSR count). The Labute approximate surface area is 179 Å². The van der Waals surface area contributed by atoms with Crippen LogP contribution in [0.15, 0.2) is 72.3 Å². The van der Waals surface area contributed by atoms with E-state index in [1.807, 2.05) is 55.5 Å².